The van der Waals surface area contributed by atoms with Crippen LogP contribution < -0.4 is 5.32 Å². The van der Waals surface area contributed by atoms with Crippen LogP contribution in [0.15, 0.2) is 12.2 Å². The van der Waals surface area contributed by atoms with E-state index in [4.69, 9.17) is 4.74 Å². The molecule has 1 amide bonds. The van der Waals surface area contributed by atoms with Crippen molar-refractivity contribution in [2.75, 3.05) is 13.2 Å². The van der Waals surface area contributed by atoms with Gasteiger partial charge in [-0.2, -0.15) is 0 Å². The number of hydrogen-bond acceptors (Lipinski definition) is 5. The monoisotopic (exact) mass is 946 g/mol. The van der Waals surface area contributed by atoms with Crippen molar-refractivity contribution in [3.05, 3.63) is 12.2 Å². The van der Waals surface area contributed by atoms with Crippen molar-refractivity contribution in [2.24, 2.45) is 0 Å². The van der Waals surface area contributed by atoms with Gasteiger partial charge in [-0.05, 0) is 51.4 Å². The molecule has 398 valence electrons. The Labute approximate surface area is 419 Å². The highest BCUT2D eigenvalue weighted by Crippen LogP contribution is 2.18. The second-order valence-corrected chi connectivity index (χ2v) is 21.0. The zero-order valence-corrected chi connectivity index (χ0v) is 45.4. The number of esters is 1. The molecule has 0 aliphatic heterocycles. The molecule has 0 aromatic rings. The van der Waals surface area contributed by atoms with Crippen molar-refractivity contribution in [1.82, 2.24) is 5.32 Å². The molecule has 0 saturated carbocycles. The molecule has 0 aliphatic rings. The van der Waals surface area contributed by atoms with Crippen molar-refractivity contribution in [1.29, 1.82) is 0 Å². The van der Waals surface area contributed by atoms with Crippen LogP contribution >= 0.6 is 0 Å². The molecule has 67 heavy (non-hydrogen) atoms. The van der Waals surface area contributed by atoms with E-state index in [1.807, 2.05) is 0 Å². The maximum absolute atomic E-state index is 12.5. The molecule has 0 bridgehead atoms. The van der Waals surface area contributed by atoms with Crippen LogP contribution in [-0.4, -0.2) is 47.4 Å². The second kappa shape index (κ2) is 57.2. The predicted octanol–water partition coefficient (Wildman–Crippen LogP) is 18.9. The van der Waals surface area contributed by atoms with Crippen molar-refractivity contribution in [3.63, 3.8) is 0 Å². The fourth-order valence-corrected chi connectivity index (χ4v) is 9.64. The number of rotatable bonds is 57. The van der Waals surface area contributed by atoms with Gasteiger partial charge in [0.15, 0.2) is 0 Å². The van der Waals surface area contributed by atoms with Gasteiger partial charge in [-0.3, -0.25) is 9.59 Å². The lowest BCUT2D eigenvalue weighted by Crippen LogP contribution is -2.45. The Bertz CT molecular complexity index is 1000. The second-order valence-electron chi connectivity index (χ2n) is 21.0. The highest BCUT2D eigenvalue weighted by atomic mass is 16.5. The maximum Gasteiger partial charge on any atom is 0.305 e. The fraction of sp³-hybridized carbons (Fsp3) is 0.934. The Morgan fingerprint density at radius 3 is 1.06 bits per heavy atom. The molecule has 0 fully saturated rings. The zero-order chi connectivity index (χ0) is 48.6. The first kappa shape index (κ1) is 65.6. The first-order valence-electron chi connectivity index (χ1n) is 30.4. The van der Waals surface area contributed by atoms with E-state index in [9.17, 15) is 19.8 Å². The number of ether oxygens (including phenoxy) is 1. The van der Waals surface area contributed by atoms with Crippen molar-refractivity contribution >= 4 is 11.9 Å². The first-order chi connectivity index (χ1) is 33.0. The van der Waals surface area contributed by atoms with Gasteiger partial charge in [-0.1, -0.05) is 289 Å². The third-order valence-electron chi connectivity index (χ3n) is 14.3. The normalized spacial score (nSPS) is 12.6. The quantitative estimate of drug-likeness (QED) is 0.0321. The number of amides is 1. The van der Waals surface area contributed by atoms with Gasteiger partial charge < -0.3 is 20.3 Å². The van der Waals surface area contributed by atoms with Crippen LogP contribution in [0.2, 0.25) is 0 Å². The van der Waals surface area contributed by atoms with Crippen LogP contribution in [-0.2, 0) is 14.3 Å². The molecule has 3 N–H and O–H groups in total. The number of nitrogens with one attached hydrogen (secondary N) is 1. The zero-order valence-electron chi connectivity index (χ0n) is 45.4. The van der Waals surface area contributed by atoms with E-state index < -0.39 is 12.1 Å². The standard InChI is InChI=1S/C61H119NO5/c1-3-5-7-9-11-13-15-30-35-39-43-47-51-55-61(66)67-56-52-48-44-40-36-32-29-27-25-23-21-19-17-18-20-22-24-26-28-31-34-38-42-46-50-54-60(65)62-58(57-63)59(64)53-49-45-41-37-33-16-14-12-10-8-6-4-2/h18,20,58-59,63-64H,3-17,19,21-57H2,1-2H3,(H,62,65)/b20-18-. The van der Waals surface area contributed by atoms with E-state index in [1.165, 1.54) is 270 Å². The van der Waals surface area contributed by atoms with E-state index in [-0.39, 0.29) is 18.5 Å². The van der Waals surface area contributed by atoms with Crippen molar-refractivity contribution in [2.45, 2.75) is 353 Å². The van der Waals surface area contributed by atoms with E-state index in [0.29, 0.717) is 25.9 Å². The van der Waals surface area contributed by atoms with Crippen molar-refractivity contribution < 1.29 is 24.5 Å². The molecule has 0 radical (unpaired) electrons. The van der Waals surface area contributed by atoms with E-state index >= 15 is 0 Å². The number of carbonyl (C=O) groups is 2. The minimum atomic E-state index is -0.664. The summed E-state index contributed by atoms with van der Waals surface area (Å²) >= 11 is 0. The van der Waals surface area contributed by atoms with Crippen LogP contribution in [0.25, 0.3) is 0 Å². The van der Waals surface area contributed by atoms with Gasteiger partial charge in [0.2, 0.25) is 5.91 Å². The Balaban J connectivity index is 3.37. The molecule has 0 spiro atoms. The number of carbonyl (C=O) groups excluding carboxylic acids is 2. The molecule has 6 heteroatoms. The summed E-state index contributed by atoms with van der Waals surface area (Å²) in [5, 5.41) is 23.2. The molecule has 0 aliphatic carbocycles. The highest BCUT2D eigenvalue weighted by molar-refractivity contribution is 5.76. The summed E-state index contributed by atoms with van der Waals surface area (Å²) in [5.41, 5.74) is 0. The van der Waals surface area contributed by atoms with Gasteiger partial charge in [0.05, 0.1) is 25.4 Å². The van der Waals surface area contributed by atoms with Gasteiger partial charge in [-0.25, -0.2) is 0 Å². The average molecular weight is 947 g/mol. The summed E-state index contributed by atoms with van der Waals surface area (Å²) in [4.78, 5) is 24.5. The number of aliphatic hydroxyl groups excluding tert-OH is 2. The highest BCUT2D eigenvalue weighted by Gasteiger charge is 2.20. The average Bonchev–Trinajstić information content (AvgIpc) is 3.33. The SMILES string of the molecule is CCCCCCCCCCCCCCCC(=O)OCCCCCCCCCCCCCC/C=C\CCCCCCCCCCCC(=O)NC(CO)C(O)CCCCCCCCCCCCCC. The Morgan fingerprint density at radius 2 is 0.701 bits per heavy atom. The van der Waals surface area contributed by atoms with E-state index in [2.05, 4.69) is 31.3 Å². The summed E-state index contributed by atoms with van der Waals surface area (Å²) in [6.45, 7) is 4.97. The third kappa shape index (κ3) is 53.8. The maximum atomic E-state index is 12.5. The Morgan fingerprint density at radius 1 is 0.403 bits per heavy atom. The summed E-state index contributed by atoms with van der Waals surface area (Å²) in [5.74, 6) is -0.0216. The molecule has 0 aromatic carbocycles. The molecular weight excluding hydrogens is 827 g/mol. The summed E-state index contributed by atoms with van der Waals surface area (Å²) in [6, 6.07) is -0.542. The van der Waals surface area contributed by atoms with Gasteiger partial charge in [0.1, 0.15) is 0 Å². The van der Waals surface area contributed by atoms with Crippen LogP contribution in [0.1, 0.15) is 341 Å². The predicted molar refractivity (Wildman–Crippen MR) is 292 cm³/mol. The minimum absolute atomic E-state index is 0.0154. The Kier molecular flexibility index (Phi) is 56.0. The lowest BCUT2D eigenvalue weighted by atomic mass is 10.0. The van der Waals surface area contributed by atoms with Gasteiger partial charge >= 0.3 is 5.97 Å². The van der Waals surface area contributed by atoms with Crippen LogP contribution in [0.5, 0.6) is 0 Å². The summed E-state index contributed by atoms with van der Waals surface area (Å²) in [7, 11) is 0. The molecule has 0 heterocycles. The number of unbranched alkanes of at least 4 members (excludes halogenated alkanes) is 44. The third-order valence-corrected chi connectivity index (χ3v) is 14.3. The van der Waals surface area contributed by atoms with Gasteiger partial charge in [0, 0.05) is 12.8 Å². The molecule has 6 nitrogen and oxygen atoms in total. The molecule has 0 aromatic heterocycles. The lowest BCUT2D eigenvalue weighted by molar-refractivity contribution is -0.143. The molecule has 0 saturated heterocycles. The number of hydrogen-bond donors (Lipinski definition) is 3. The Hall–Kier alpha value is -1.40. The smallest absolute Gasteiger partial charge is 0.305 e. The summed E-state index contributed by atoms with van der Waals surface area (Å²) in [6.07, 6.45) is 67.9. The number of aliphatic hydroxyl groups is 2. The molecular formula is C61H119NO5. The van der Waals surface area contributed by atoms with E-state index in [0.717, 1.165) is 38.5 Å². The first-order valence-corrected chi connectivity index (χ1v) is 30.4. The molecule has 2 unspecified atom stereocenters. The fourth-order valence-electron chi connectivity index (χ4n) is 9.64. The largest absolute Gasteiger partial charge is 0.466 e. The van der Waals surface area contributed by atoms with Crippen LogP contribution in [0.4, 0.5) is 0 Å². The van der Waals surface area contributed by atoms with Gasteiger partial charge in [-0.15, -0.1) is 0 Å². The molecule has 0 rings (SSSR count). The number of allylic oxidation sites excluding steroid dienone is 2. The van der Waals surface area contributed by atoms with E-state index in [1.54, 1.807) is 0 Å². The molecule has 2 atom stereocenters. The summed E-state index contributed by atoms with van der Waals surface area (Å²) < 4.78 is 5.48. The topological polar surface area (TPSA) is 95.9 Å². The van der Waals surface area contributed by atoms with Crippen LogP contribution in [0.3, 0.4) is 0 Å². The van der Waals surface area contributed by atoms with Crippen molar-refractivity contribution in [3.8, 4) is 0 Å². The van der Waals surface area contributed by atoms with Crippen LogP contribution in [0, 0.1) is 0 Å². The minimum Gasteiger partial charge on any atom is -0.466 e. The van der Waals surface area contributed by atoms with Gasteiger partial charge in [0.25, 0.3) is 0 Å². The lowest BCUT2D eigenvalue weighted by Gasteiger charge is -2.22.